The number of halogens is 2. The van der Waals surface area contributed by atoms with E-state index in [0.717, 1.165) is 28.1 Å². The molecule has 0 radical (unpaired) electrons. The van der Waals surface area contributed by atoms with Crippen molar-refractivity contribution >= 4 is 34.9 Å². The maximum atomic E-state index is 13.6. The molecule has 6 nitrogen and oxygen atoms in total. The lowest BCUT2D eigenvalue weighted by Gasteiger charge is -2.36. The van der Waals surface area contributed by atoms with E-state index in [4.69, 9.17) is 16.3 Å². The average Bonchev–Trinajstić information content (AvgIpc) is 3.05. The van der Waals surface area contributed by atoms with Gasteiger partial charge in [0, 0.05) is 67.7 Å². The molecule has 222 valence electrons. The Morgan fingerprint density at radius 1 is 0.884 bits per heavy atom. The van der Waals surface area contributed by atoms with E-state index >= 15 is 0 Å². The van der Waals surface area contributed by atoms with Crippen LogP contribution in [-0.4, -0.2) is 56.1 Å². The van der Waals surface area contributed by atoms with E-state index in [1.807, 2.05) is 59.5 Å². The van der Waals surface area contributed by atoms with Gasteiger partial charge in [0.1, 0.15) is 5.82 Å². The van der Waals surface area contributed by atoms with Crippen LogP contribution in [0.5, 0.6) is 0 Å². The Kier molecular flexibility index (Phi) is 9.95. The molecule has 1 heterocycles. The van der Waals surface area contributed by atoms with E-state index in [-0.39, 0.29) is 17.7 Å². The molecular weight excluding hydrogens is 565 g/mol. The molecule has 8 heteroatoms. The van der Waals surface area contributed by atoms with Crippen molar-refractivity contribution < 1.29 is 18.7 Å². The molecule has 0 bridgehead atoms. The summed E-state index contributed by atoms with van der Waals surface area (Å²) in [5.41, 5.74) is 5.37. The lowest BCUT2D eigenvalue weighted by molar-refractivity contribution is -0.131. The van der Waals surface area contributed by atoms with Crippen LogP contribution in [0.15, 0.2) is 97.1 Å². The first-order valence-electron chi connectivity index (χ1n) is 14.6. The van der Waals surface area contributed by atoms with Crippen molar-refractivity contribution in [3.8, 4) is 11.1 Å². The normalized spacial score (nSPS) is 13.1. The third-order valence-corrected chi connectivity index (χ3v) is 7.99. The van der Waals surface area contributed by atoms with Gasteiger partial charge in [-0.05, 0) is 72.6 Å². The van der Waals surface area contributed by atoms with Crippen molar-refractivity contribution in [2.75, 3.05) is 49.1 Å². The van der Waals surface area contributed by atoms with Crippen molar-refractivity contribution in [2.24, 2.45) is 0 Å². The highest BCUT2D eigenvalue weighted by molar-refractivity contribution is 6.33. The summed E-state index contributed by atoms with van der Waals surface area (Å²) < 4.78 is 18.7. The van der Waals surface area contributed by atoms with Crippen LogP contribution in [0.25, 0.3) is 11.1 Å². The molecule has 0 N–H and O–H groups in total. The zero-order valence-corrected chi connectivity index (χ0v) is 25.0. The van der Waals surface area contributed by atoms with Gasteiger partial charge in [0.2, 0.25) is 5.91 Å². The first-order valence-corrected chi connectivity index (χ1v) is 14.9. The molecule has 1 aliphatic rings. The zero-order chi connectivity index (χ0) is 30.2. The quantitative estimate of drug-likeness (QED) is 0.183. The number of hydrogen-bond donors (Lipinski definition) is 0. The van der Waals surface area contributed by atoms with E-state index in [1.165, 1.54) is 12.1 Å². The minimum atomic E-state index is -0.326. The second kappa shape index (κ2) is 14.2. The van der Waals surface area contributed by atoms with E-state index in [9.17, 15) is 14.0 Å². The smallest absolute Gasteiger partial charge is 0.338 e. The number of hydrogen-bond acceptors (Lipinski definition) is 5. The number of piperazine rings is 1. The SMILES string of the molecule is CCOC(=O)c1ccc(N2CCN(C(=O)CCN(Cc3ccc(F)cc3)c3ccc(Cl)c(-c4ccccc4)c3)CC2)cc1. The molecule has 4 aromatic rings. The number of nitrogens with zero attached hydrogens (tertiary/aromatic N) is 3. The van der Waals surface area contributed by atoms with Gasteiger partial charge in [0.25, 0.3) is 0 Å². The fourth-order valence-electron chi connectivity index (χ4n) is 5.28. The van der Waals surface area contributed by atoms with E-state index < -0.39 is 0 Å². The number of carbonyl (C=O) groups is 2. The summed E-state index contributed by atoms with van der Waals surface area (Å²) in [7, 11) is 0. The summed E-state index contributed by atoms with van der Waals surface area (Å²) >= 11 is 6.59. The Morgan fingerprint density at radius 2 is 1.58 bits per heavy atom. The fraction of sp³-hybridized carbons (Fsp3) is 0.257. The second-order valence-electron chi connectivity index (χ2n) is 10.5. The van der Waals surface area contributed by atoms with Crippen LogP contribution in [0, 0.1) is 5.82 Å². The van der Waals surface area contributed by atoms with Crippen LogP contribution >= 0.6 is 11.6 Å². The summed E-state index contributed by atoms with van der Waals surface area (Å²) in [4.78, 5) is 31.6. The average molecular weight is 600 g/mol. The van der Waals surface area contributed by atoms with Gasteiger partial charge in [-0.3, -0.25) is 4.79 Å². The minimum Gasteiger partial charge on any atom is -0.462 e. The number of esters is 1. The molecule has 0 saturated carbocycles. The predicted octanol–water partition coefficient (Wildman–Crippen LogP) is 7.07. The molecule has 5 rings (SSSR count). The van der Waals surface area contributed by atoms with Crippen molar-refractivity contribution in [2.45, 2.75) is 19.9 Å². The molecule has 0 atom stereocenters. The highest BCUT2D eigenvalue weighted by atomic mass is 35.5. The molecule has 0 spiro atoms. The van der Waals surface area contributed by atoms with Crippen LogP contribution in [0.4, 0.5) is 15.8 Å². The number of rotatable bonds is 10. The maximum Gasteiger partial charge on any atom is 0.338 e. The molecular formula is C35H35ClFN3O3. The Hall–Kier alpha value is -4.36. The molecule has 0 aliphatic carbocycles. The second-order valence-corrected chi connectivity index (χ2v) is 10.9. The Bertz CT molecular complexity index is 1520. The molecule has 1 aliphatic heterocycles. The van der Waals surface area contributed by atoms with Crippen molar-refractivity contribution in [1.82, 2.24) is 4.90 Å². The Labute approximate surface area is 257 Å². The van der Waals surface area contributed by atoms with E-state index in [2.05, 4.69) is 15.9 Å². The van der Waals surface area contributed by atoms with Gasteiger partial charge in [0.05, 0.1) is 12.2 Å². The number of amides is 1. The van der Waals surface area contributed by atoms with Crippen LogP contribution in [-0.2, 0) is 16.1 Å². The first-order chi connectivity index (χ1) is 20.9. The Morgan fingerprint density at radius 3 is 2.26 bits per heavy atom. The zero-order valence-electron chi connectivity index (χ0n) is 24.2. The van der Waals surface area contributed by atoms with Gasteiger partial charge in [0.15, 0.2) is 0 Å². The van der Waals surface area contributed by atoms with Crippen LogP contribution in [0.3, 0.4) is 0 Å². The maximum absolute atomic E-state index is 13.6. The van der Waals surface area contributed by atoms with E-state index in [1.54, 1.807) is 31.2 Å². The number of ether oxygens (including phenoxy) is 1. The largest absolute Gasteiger partial charge is 0.462 e. The van der Waals surface area contributed by atoms with Gasteiger partial charge in [-0.15, -0.1) is 0 Å². The summed E-state index contributed by atoms with van der Waals surface area (Å²) in [6.07, 6.45) is 0.346. The highest BCUT2D eigenvalue weighted by Crippen LogP contribution is 2.32. The lowest BCUT2D eigenvalue weighted by atomic mass is 10.0. The standard InChI is InChI=1S/C35H35ClFN3O3/c1-2-43-35(42)28-10-14-30(15-11-28)38-20-22-39(23-21-38)34(41)18-19-40(25-26-8-12-29(37)13-9-26)31-16-17-33(36)32(24-31)27-6-4-3-5-7-27/h3-17,24H,2,18-23,25H2,1H3. The summed E-state index contributed by atoms with van der Waals surface area (Å²) in [5.74, 6) is -0.510. The number of anilines is 2. The third kappa shape index (κ3) is 7.73. The summed E-state index contributed by atoms with van der Waals surface area (Å²) in [6, 6.07) is 29.7. The third-order valence-electron chi connectivity index (χ3n) is 7.66. The highest BCUT2D eigenvalue weighted by Gasteiger charge is 2.22. The van der Waals surface area contributed by atoms with Crippen molar-refractivity contribution in [3.63, 3.8) is 0 Å². The van der Waals surface area contributed by atoms with Gasteiger partial charge in [-0.2, -0.15) is 0 Å². The number of carbonyl (C=O) groups excluding carboxylic acids is 2. The van der Waals surface area contributed by atoms with Gasteiger partial charge in [-0.1, -0.05) is 54.1 Å². The summed E-state index contributed by atoms with van der Waals surface area (Å²) in [5, 5.41) is 0.654. The van der Waals surface area contributed by atoms with Crippen LogP contribution in [0.2, 0.25) is 5.02 Å². The molecule has 1 saturated heterocycles. The van der Waals surface area contributed by atoms with Crippen LogP contribution < -0.4 is 9.80 Å². The topological polar surface area (TPSA) is 53.1 Å². The first kappa shape index (κ1) is 30.1. The number of benzene rings is 4. The molecule has 1 fully saturated rings. The van der Waals surface area contributed by atoms with Crippen molar-refractivity contribution in [1.29, 1.82) is 0 Å². The van der Waals surface area contributed by atoms with E-state index in [0.29, 0.717) is 62.9 Å². The fourth-order valence-corrected chi connectivity index (χ4v) is 5.51. The van der Waals surface area contributed by atoms with Crippen LogP contribution in [0.1, 0.15) is 29.3 Å². The lowest BCUT2D eigenvalue weighted by Crippen LogP contribution is -2.49. The Balaban J connectivity index is 1.24. The predicted molar refractivity (Wildman–Crippen MR) is 170 cm³/mol. The van der Waals surface area contributed by atoms with Gasteiger partial charge in [-0.25, -0.2) is 9.18 Å². The van der Waals surface area contributed by atoms with Gasteiger partial charge < -0.3 is 19.4 Å². The molecule has 4 aromatic carbocycles. The minimum absolute atomic E-state index is 0.0960. The molecule has 43 heavy (non-hydrogen) atoms. The van der Waals surface area contributed by atoms with Crippen molar-refractivity contribution in [3.05, 3.63) is 119 Å². The molecule has 0 unspecified atom stereocenters. The summed E-state index contributed by atoms with van der Waals surface area (Å²) in [6.45, 7) is 5.82. The monoisotopic (exact) mass is 599 g/mol. The van der Waals surface area contributed by atoms with Gasteiger partial charge >= 0.3 is 5.97 Å². The molecule has 1 amide bonds. The molecule has 0 aromatic heterocycles.